The second kappa shape index (κ2) is 15.3. The second-order valence-corrected chi connectivity index (χ2v) is 16.2. The van der Waals surface area contributed by atoms with E-state index >= 15 is 0 Å². The number of rotatable bonds is 15. The summed E-state index contributed by atoms with van der Waals surface area (Å²) in [6.45, 7) is 6.31. The monoisotopic (exact) mass is 793 g/mol. The first-order valence-electron chi connectivity index (χ1n) is 16.4. The Morgan fingerprint density at radius 2 is 1.85 bits per heavy atom. The van der Waals surface area contributed by atoms with Crippen molar-refractivity contribution < 1.29 is 58.5 Å². The van der Waals surface area contributed by atoms with Crippen molar-refractivity contribution in [3.63, 3.8) is 0 Å². The van der Waals surface area contributed by atoms with Crippen LogP contribution in [0.4, 0.5) is 5.13 Å². The number of carboxylic acid groups (broad SMARTS) is 2. The van der Waals surface area contributed by atoms with Crippen molar-refractivity contribution in [3.05, 3.63) is 45.1 Å². The number of carboxylic acids is 2. The van der Waals surface area contributed by atoms with Gasteiger partial charge in [-0.1, -0.05) is 16.8 Å². The van der Waals surface area contributed by atoms with Crippen molar-refractivity contribution in [2.75, 3.05) is 38.5 Å². The molecule has 0 unspecified atom stereocenters. The normalized spacial score (nSPS) is 21.1. The number of fused-ring (bicyclic) bond motifs is 1. The highest BCUT2D eigenvalue weighted by atomic mass is 35.5. The average molecular weight is 794 g/mol. The molecule has 7 N–H and O–H groups in total. The number of aromatic nitrogens is 1. The molecule has 1 aromatic heterocycles. The number of Topliss-reactive ketones (excluding diaryl/α,β-unsaturated/α-hetero) is 2. The molecule has 1 aromatic carbocycles. The summed E-state index contributed by atoms with van der Waals surface area (Å²) in [7, 11) is 0. The number of carbonyl (C=O) groups is 6. The Hall–Kier alpha value is -4.72. The molecule has 2 aromatic rings. The summed E-state index contributed by atoms with van der Waals surface area (Å²) in [6, 6.07) is 2.17. The number of hydrogen-bond donors (Lipinski definition) is 6. The highest BCUT2D eigenvalue weighted by Crippen LogP contribution is 2.49. The van der Waals surface area contributed by atoms with E-state index in [-0.39, 0.29) is 52.6 Å². The van der Waals surface area contributed by atoms with Crippen LogP contribution in [0.25, 0.3) is 0 Å². The molecule has 3 aliphatic rings. The molecule has 2 saturated heterocycles. The number of thiazole rings is 1. The van der Waals surface area contributed by atoms with Gasteiger partial charge in [0, 0.05) is 35.5 Å². The van der Waals surface area contributed by atoms with Crippen LogP contribution in [0.5, 0.6) is 11.5 Å². The first-order valence-corrected chi connectivity index (χ1v) is 18.6. The molecule has 3 atom stereocenters. The Labute approximate surface area is 316 Å². The van der Waals surface area contributed by atoms with Crippen LogP contribution in [0, 0.1) is 5.92 Å². The van der Waals surface area contributed by atoms with Gasteiger partial charge in [-0.25, -0.2) is 14.6 Å². The lowest BCUT2D eigenvalue weighted by Crippen LogP contribution is -2.63. The SMILES string of the molecule is C[C@@H]1S[C@@H]2[C@H](CC(=O)/C(=N\OC(C)(C)C(=O)O)c3csc(N)n3)C(=O)N2C(C(=O)O)=C1C[N+]1(CCNC(=O)C(=O)c2ccc(O)c(O)c2Cl)CCCC1. The van der Waals surface area contributed by atoms with Crippen molar-refractivity contribution in [3.8, 4) is 11.5 Å². The maximum Gasteiger partial charge on any atom is 0.352 e. The molecule has 3 aliphatic heterocycles. The molecule has 0 spiro atoms. The van der Waals surface area contributed by atoms with Crippen LogP contribution in [0.2, 0.25) is 5.02 Å². The standard InChI is InChI=1S/C33H37ClN6O11S2/c1-15-18(13-40(9-4-5-10-40)11-8-36-27(45)25(43)16-6-7-20(41)26(44)22(16)34)24(30(47)48)39-28(46)17(29(39)53-15)12-21(42)23(19-14-52-32(35)37-19)38-51-33(2,3)31(49)50/h6-7,14-15,17,29H,4-5,8-13H2,1-3H3,(H6-,35,36,37,38,41,42,43,44,45,47,48,49,50)/p+1/t15-,17+,29+/m0/s1. The number of likely N-dealkylation sites (tertiary alicyclic amines) is 1. The third-order valence-corrected chi connectivity index (χ3v) is 12.1. The first-order chi connectivity index (χ1) is 24.9. The van der Waals surface area contributed by atoms with Crippen LogP contribution < -0.4 is 11.1 Å². The molecule has 20 heteroatoms. The summed E-state index contributed by atoms with van der Waals surface area (Å²) in [5.74, 6) is -8.02. The predicted molar refractivity (Wildman–Crippen MR) is 192 cm³/mol. The fraction of sp³-hybridized carbons (Fsp3) is 0.455. The molecule has 0 saturated carbocycles. The number of oxime groups is 1. The van der Waals surface area contributed by atoms with Crippen LogP contribution in [0.15, 0.2) is 33.9 Å². The number of phenols is 2. The van der Waals surface area contributed by atoms with Gasteiger partial charge >= 0.3 is 11.9 Å². The predicted octanol–water partition coefficient (Wildman–Crippen LogP) is 2.20. The number of nitrogen functional groups attached to an aromatic ring is 1. The summed E-state index contributed by atoms with van der Waals surface area (Å²) in [6.07, 6.45) is 1.30. The van der Waals surface area contributed by atoms with E-state index in [2.05, 4.69) is 15.5 Å². The number of nitrogens with two attached hydrogens (primary N) is 1. The van der Waals surface area contributed by atoms with Crippen LogP contribution in [0.3, 0.4) is 0 Å². The number of aromatic hydroxyl groups is 2. The molecule has 2 fully saturated rings. The maximum absolute atomic E-state index is 13.6. The minimum Gasteiger partial charge on any atom is -0.504 e. The molecule has 2 amide bonds. The minimum absolute atomic E-state index is 0.0454. The zero-order chi connectivity index (χ0) is 39.0. The smallest absolute Gasteiger partial charge is 0.352 e. The van der Waals surface area contributed by atoms with Gasteiger partial charge in [-0.15, -0.1) is 23.1 Å². The zero-order valence-electron chi connectivity index (χ0n) is 28.8. The Morgan fingerprint density at radius 1 is 1.17 bits per heavy atom. The highest BCUT2D eigenvalue weighted by molar-refractivity contribution is 8.00. The number of β-lactam (4-membered cyclic amide) rings is 1. The van der Waals surface area contributed by atoms with E-state index in [0.717, 1.165) is 36.3 Å². The van der Waals surface area contributed by atoms with Gasteiger partial charge in [0.25, 0.3) is 11.7 Å². The number of aliphatic carboxylic acids is 2. The number of ketones is 2. The van der Waals surface area contributed by atoms with E-state index in [1.165, 1.54) is 35.9 Å². The maximum atomic E-state index is 13.6. The third kappa shape index (κ3) is 7.97. The number of phenolic OH excluding ortho intramolecular Hbond substituents is 2. The second-order valence-electron chi connectivity index (χ2n) is 13.5. The number of benzene rings is 1. The third-order valence-electron chi connectivity index (χ3n) is 9.49. The van der Waals surface area contributed by atoms with E-state index < -0.39 is 68.7 Å². The van der Waals surface area contributed by atoms with Crippen LogP contribution in [0.1, 0.15) is 56.1 Å². The lowest BCUT2D eigenvalue weighted by molar-refractivity contribution is -0.911. The highest BCUT2D eigenvalue weighted by Gasteiger charge is 2.56. The molecule has 0 radical (unpaired) electrons. The zero-order valence-corrected chi connectivity index (χ0v) is 31.2. The molecule has 0 bridgehead atoms. The van der Waals surface area contributed by atoms with Crippen LogP contribution >= 0.6 is 34.7 Å². The van der Waals surface area contributed by atoms with Gasteiger partial charge in [0.05, 0.1) is 48.1 Å². The number of amides is 2. The van der Waals surface area contributed by atoms with E-state index in [0.29, 0.717) is 29.7 Å². The van der Waals surface area contributed by atoms with Gasteiger partial charge in [0.2, 0.25) is 11.5 Å². The topological polar surface area (TPSA) is 259 Å². The van der Waals surface area contributed by atoms with Crippen molar-refractivity contribution in [1.29, 1.82) is 0 Å². The Bertz CT molecular complexity index is 1940. The molecular formula is C33H38ClN6O11S2+. The Balaban J connectivity index is 1.31. The fourth-order valence-corrected chi connectivity index (χ4v) is 8.78. The summed E-state index contributed by atoms with van der Waals surface area (Å²) < 4.78 is 0.393. The van der Waals surface area contributed by atoms with E-state index in [1.54, 1.807) is 0 Å². The Morgan fingerprint density at radius 3 is 2.45 bits per heavy atom. The molecular weight excluding hydrogens is 756 g/mol. The summed E-state index contributed by atoms with van der Waals surface area (Å²) in [5.41, 5.74) is 3.78. The number of anilines is 1. The van der Waals surface area contributed by atoms with Crippen LogP contribution in [-0.2, 0) is 28.8 Å². The number of carbonyl (C=O) groups excluding carboxylic acids is 4. The number of thioether (sulfide) groups is 1. The van der Waals surface area contributed by atoms with Crippen molar-refractivity contribution >= 4 is 80.9 Å². The summed E-state index contributed by atoms with van der Waals surface area (Å²) >= 11 is 8.33. The number of nitrogens with one attached hydrogen (secondary N) is 1. The molecule has 284 valence electrons. The van der Waals surface area contributed by atoms with Gasteiger partial charge in [-0.2, -0.15) is 0 Å². The van der Waals surface area contributed by atoms with Gasteiger partial charge in [0.1, 0.15) is 17.9 Å². The largest absolute Gasteiger partial charge is 0.504 e. The van der Waals surface area contributed by atoms with Gasteiger partial charge in [-0.3, -0.25) is 24.1 Å². The molecule has 0 aliphatic carbocycles. The minimum atomic E-state index is -1.78. The number of hydrogen-bond acceptors (Lipinski definition) is 14. The molecule has 4 heterocycles. The van der Waals surface area contributed by atoms with Gasteiger partial charge in [0.15, 0.2) is 28.1 Å². The van der Waals surface area contributed by atoms with E-state index in [9.17, 15) is 49.2 Å². The first kappa shape index (κ1) is 39.5. The molecule has 53 heavy (non-hydrogen) atoms. The molecule has 17 nitrogen and oxygen atoms in total. The average Bonchev–Trinajstić information content (AvgIpc) is 3.75. The lowest BCUT2D eigenvalue weighted by atomic mass is 9.88. The lowest BCUT2D eigenvalue weighted by Gasteiger charge is -2.51. The van der Waals surface area contributed by atoms with Crippen molar-refractivity contribution in [2.45, 2.75) is 56.3 Å². The van der Waals surface area contributed by atoms with Crippen molar-refractivity contribution in [2.24, 2.45) is 11.1 Å². The van der Waals surface area contributed by atoms with Gasteiger partial charge in [-0.05, 0) is 32.9 Å². The van der Waals surface area contributed by atoms with E-state index in [4.69, 9.17) is 22.2 Å². The Kier molecular flexibility index (Phi) is 11.4. The quantitative estimate of drug-likeness (QED) is 0.0288. The van der Waals surface area contributed by atoms with E-state index in [1.807, 2.05) is 6.92 Å². The van der Waals surface area contributed by atoms with Crippen molar-refractivity contribution in [1.82, 2.24) is 15.2 Å². The fourth-order valence-electron chi connectivity index (χ4n) is 6.49. The number of halogens is 1. The van der Waals surface area contributed by atoms with Gasteiger partial charge < -0.3 is 40.8 Å². The van der Waals surface area contributed by atoms with Crippen LogP contribution in [-0.4, -0.2) is 125 Å². The number of quaternary nitrogens is 1. The number of nitrogens with zero attached hydrogens (tertiary/aromatic N) is 4. The summed E-state index contributed by atoms with van der Waals surface area (Å²) in [5, 5.41) is 45.8. The summed E-state index contributed by atoms with van der Waals surface area (Å²) in [4.78, 5) is 87.5. The molecule has 5 rings (SSSR count).